The summed E-state index contributed by atoms with van der Waals surface area (Å²) in [5.41, 5.74) is 5.46. The number of hydrogen-bond donors (Lipinski definition) is 1. The van der Waals surface area contributed by atoms with Crippen molar-refractivity contribution in [2.75, 3.05) is 20.3 Å². The van der Waals surface area contributed by atoms with E-state index in [2.05, 4.69) is 29.2 Å². The monoisotopic (exact) mass is 531 g/mol. The first-order chi connectivity index (χ1) is 17.5. The minimum atomic E-state index is -4.01. The molecule has 0 fully saturated rings. The van der Waals surface area contributed by atoms with Crippen molar-refractivity contribution in [2.24, 2.45) is 5.73 Å². The number of cyclic esters (lactones) is 1. The predicted molar refractivity (Wildman–Crippen MR) is 143 cm³/mol. The highest BCUT2D eigenvalue weighted by Gasteiger charge is 2.33. The van der Waals surface area contributed by atoms with Gasteiger partial charge >= 0.3 is 13.8 Å². The number of hydrogen-bond acceptors (Lipinski definition) is 8. The van der Waals surface area contributed by atoms with E-state index in [1.165, 1.54) is 58.5 Å². The van der Waals surface area contributed by atoms with Crippen LogP contribution in [0.3, 0.4) is 0 Å². The molecule has 3 atom stereocenters. The van der Waals surface area contributed by atoms with Gasteiger partial charge in [0.25, 0.3) is 0 Å². The molecule has 9 heteroatoms. The highest BCUT2D eigenvalue weighted by Crippen LogP contribution is 2.51. The molecule has 0 amide bonds. The number of nitrogens with two attached hydrogens (primary N) is 1. The Labute approximate surface area is 218 Å². The van der Waals surface area contributed by atoms with Gasteiger partial charge in [0.05, 0.1) is 26.2 Å². The van der Waals surface area contributed by atoms with Gasteiger partial charge in [-0.05, 0) is 39.0 Å². The third kappa shape index (κ3) is 18.3. The molecule has 1 heterocycles. The van der Waals surface area contributed by atoms with Crippen molar-refractivity contribution >= 4 is 13.8 Å². The Hall–Kier alpha value is -1.02. The zero-order valence-corrected chi connectivity index (χ0v) is 23.5. The molecule has 36 heavy (non-hydrogen) atoms. The minimum Gasteiger partial charge on any atom is -0.462 e. The first-order valence-electron chi connectivity index (χ1n) is 13.8. The van der Waals surface area contributed by atoms with Gasteiger partial charge in [0.1, 0.15) is 6.10 Å². The Morgan fingerprint density at radius 3 is 2.14 bits per heavy atom. The van der Waals surface area contributed by atoms with Crippen molar-refractivity contribution in [3.05, 3.63) is 24.3 Å². The summed E-state index contributed by atoms with van der Waals surface area (Å²) < 4.78 is 34.1. The van der Waals surface area contributed by atoms with Gasteiger partial charge < -0.3 is 10.5 Å². The third-order valence-corrected chi connectivity index (χ3v) is 7.37. The van der Waals surface area contributed by atoms with E-state index in [0.717, 1.165) is 32.1 Å². The van der Waals surface area contributed by atoms with E-state index in [9.17, 15) is 9.36 Å². The molecule has 1 rings (SSSR count). The zero-order valence-electron chi connectivity index (χ0n) is 22.6. The molecule has 210 valence electrons. The lowest BCUT2D eigenvalue weighted by atomic mass is 10.0. The van der Waals surface area contributed by atoms with Crippen molar-refractivity contribution < 1.29 is 32.7 Å². The van der Waals surface area contributed by atoms with Crippen molar-refractivity contribution in [3.63, 3.8) is 0 Å². The summed E-state index contributed by atoms with van der Waals surface area (Å²) in [6.45, 7) is 2.00. The Balaban J connectivity index is 2.71. The number of esters is 1. The largest absolute Gasteiger partial charge is 0.502 e. The summed E-state index contributed by atoms with van der Waals surface area (Å²) in [5, 5.41) is 0. The SMILES string of the molecule is COOP(=O)(OCCN)O[C@@H]1CCCCCCCCCCCC/C=C\CC/C=C/C[C@H](C)OC(=O)C1. The summed E-state index contributed by atoms with van der Waals surface area (Å²) in [6.07, 6.45) is 24.1. The summed E-state index contributed by atoms with van der Waals surface area (Å²) in [6, 6.07) is 0. The molecule has 1 aliphatic rings. The maximum absolute atomic E-state index is 12.9. The molecule has 0 aromatic heterocycles. The van der Waals surface area contributed by atoms with Crippen LogP contribution in [0.4, 0.5) is 0 Å². The van der Waals surface area contributed by atoms with Crippen LogP contribution in [0.2, 0.25) is 0 Å². The van der Waals surface area contributed by atoms with Gasteiger partial charge in [-0.1, -0.05) is 82.1 Å². The van der Waals surface area contributed by atoms with Gasteiger partial charge in [0.2, 0.25) is 0 Å². The van der Waals surface area contributed by atoms with E-state index in [1.807, 2.05) is 6.92 Å². The van der Waals surface area contributed by atoms with Crippen molar-refractivity contribution in [1.29, 1.82) is 0 Å². The van der Waals surface area contributed by atoms with Gasteiger partial charge in [0.15, 0.2) is 0 Å². The first kappa shape index (κ1) is 33.0. The summed E-state index contributed by atoms with van der Waals surface area (Å²) in [5.74, 6) is -0.402. The van der Waals surface area contributed by atoms with Crippen LogP contribution in [-0.2, 0) is 32.7 Å². The molecule has 2 N–H and O–H groups in total. The highest BCUT2D eigenvalue weighted by atomic mass is 31.2. The molecule has 0 bridgehead atoms. The molecule has 0 radical (unpaired) electrons. The molecule has 1 aliphatic heterocycles. The molecule has 0 aromatic rings. The van der Waals surface area contributed by atoms with E-state index >= 15 is 0 Å². The van der Waals surface area contributed by atoms with Crippen LogP contribution < -0.4 is 5.73 Å². The second-order valence-electron chi connectivity index (χ2n) is 9.41. The van der Waals surface area contributed by atoms with Crippen LogP contribution in [0, 0.1) is 0 Å². The lowest BCUT2D eigenvalue weighted by Gasteiger charge is -2.23. The summed E-state index contributed by atoms with van der Waals surface area (Å²) in [4.78, 5) is 17.2. The number of allylic oxidation sites excluding steroid dienone is 3. The molecule has 0 aromatic carbocycles. The number of carbonyl (C=O) groups is 1. The number of carbonyl (C=O) groups excluding carboxylic acids is 1. The van der Waals surface area contributed by atoms with E-state index < -0.39 is 19.9 Å². The molecule has 0 spiro atoms. The Morgan fingerprint density at radius 1 is 0.917 bits per heavy atom. The maximum Gasteiger partial charge on any atom is 0.502 e. The van der Waals surface area contributed by atoms with Crippen molar-refractivity contribution in [1.82, 2.24) is 0 Å². The highest BCUT2D eigenvalue weighted by molar-refractivity contribution is 7.48. The van der Waals surface area contributed by atoms with E-state index in [4.69, 9.17) is 24.2 Å². The standard InChI is InChI=1S/C27H50NO7P/c1-25-20-18-16-14-12-10-8-6-4-3-5-7-9-11-13-15-17-19-21-26(24-27(29)33-25)34-36(30,35-31-2)32-23-22-28/h8,10,16,18,25-26H,3-7,9,11-15,17,19-24,28H2,1-2H3/b10-8-,18-16+/t25-,26+,36?/m0/s1. The van der Waals surface area contributed by atoms with Crippen LogP contribution in [0.1, 0.15) is 110 Å². The lowest BCUT2D eigenvalue weighted by molar-refractivity contribution is -0.204. The lowest BCUT2D eigenvalue weighted by Crippen LogP contribution is -2.23. The molecule has 0 saturated heterocycles. The van der Waals surface area contributed by atoms with Gasteiger partial charge in [-0.3, -0.25) is 13.8 Å². The average Bonchev–Trinajstić information content (AvgIpc) is 2.83. The van der Waals surface area contributed by atoms with Crippen LogP contribution >= 0.6 is 7.82 Å². The molecular formula is C27H50NO7P. The van der Waals surface area contributed by atoms with Crippen LogP contribution in [0.25, 0.3) is 0 Å². The van der Waals surface area contributed by atoms with Gasteiger partial charge in [-0.25, -0.2) is 9.45 Å². The normalized spacial score (nSPS) is 26.7. The Kier molecular flexibility index (Phi) is 20.2. The smallest absolute Gasteiger partial charge is 0.462 e. The first-order valence-corrected chi connectivity index (χ1v) is 15.3. The second-order valence-corrected chi connectivity index (χ2v) is 10.9. The minimum absolute atomic E-state index is 0.0169. The average molecular weight is 532 g/mol. The summed E-state index contributed by atoms with van der Waals surface area (Å²) >= 11 is 0. The maximum atomic E-state index is 12.9. The Morgan fingerprint density at radius 2 is 1.50 bits per heavy atom. The number of ether oxygens (including phenoxy) is 1. The summed E-state index contributed by atoms with van der Waals surface area (Å²) in [7, 11) is -2.79. The molecule has 0 saturated carbocycles. The number of phosphoric acid groups is 1. The van der Waals surface area contributed by atoms with Crippen LogP contribution in [-0.4, -0.2) is 38.4 Å². The third-order valence-electron chi connectivity index (χ3n) is 5.99. The van der Waals surface area contributed by atoms with E-state index in [0.29, 0.717) is 12.8 Å². The zero-order chi connectivity index (χ0) is 26.3. The van der Waals surface area contributed by atoms with Crippen LogP contribution in [0.5, 0.6) is 0 Å². The quantitative estimate of drug-likeness (QED) is 0.120. The van der Waals surface area contributed by atoms with Gasteiger partial charge in [0, 0.05) is 13.0 Å². The second kappa shape index (κ2) is 22.0. The van der Waals surface area contributed by atoms with E-state index in [-0.39, 0.29) is 25.7 Å². The number of phosphoric ester groups is 1. The van der Waals surface area contributed by atoms with Crippen LogP contribution in [0.15, 0.2) is 24.3 Å². The Bertz CT molecular complexity index is 656. The number of rotatable bonds is 7. The fourth-order valence-corrected chi connectivity index (χ4v) is 5.28. The van der Waals surface area contributed by atoms with Crippen molar-refractivity contribution in [3.8, 4) is 0 Å². The molecule has 0 aliphatic carbocycles. The van der Waals surface area contributed by atoms with E-state index in [1.54, 1.807) is 0 Å². The fraction of sp³-hybridized carbons (Fsp3) is 0.815. The van der Waals surface area contributed by atoms with Gasteiger partial charge in [-0.2, -0.15) is 0 Å². The fourth-order valence-electron chi connectivity index (χ4n) is 4.09. The molecule has 1 unspecified atom stereocenters. The predicted octanol–water partition coefficient (Wildman–Crippen LogP) is 7.33. The molecular weight excluding hydrogens is 481 g/mol. The topological polar surface area (TPSA) is 106 Å². The van der Waals surface area contributed by atoms with Crippen molar-refractivity contribution in [2.45, 2.75) is 122 Å². The van der Waals surface area contributed by atoms with Gasteiger partial charge in [-0.15, -0.1) is 4.67 Å². The molecule has 8 nitrogen and oxygen atoms in total.